The van der Waals surface area contributed by atoms with Gasteiger partial charge in [0.05, 0.1) is 6.04 Å². The van der Waals surface area contributed by atoms with Gasteiger partial charge in [-0.05, 0) is 25.0 Å². The largest absolute Gasteiger partial charge is 0.271 e. The topological polar surface area (TPSA) is 38.0 Å². The van der Waals surface area contributed by atoms with Gasteiger partial charge in [0.2, 0.25) is 0 Å². The van der Waals surface area contributed by atoms with Crippen molar-refractivity contribution in [3.63, 3.8) is 0 Å². The molecular formula is C11H16F2N2. The lowest BCUT2D eigenvalue weighted by Crippen LogP contribution is -2.29. The normalized spacial score (nSPS) is 12.9. The van der Waals surface area contributed by atoms with Crippen LogP contribution in [-0.4, -0.2) is 0 Å². The van der Waals surface area contributed by atoms with E-state index in [0.717, 1.165) is 6.42 Å². The van der Waals surface area contributed by atoms with Crippen molar-refractivity contribution in [3.05, 3.63) is 34.9 Å². The van der Waals surface area contributed by atoms with Crippen molar-refractivity contribution in [2.75, 3.05) is 0 Å². The molecule has 4 heteroatoms. The van der Waals surface area contributed by atoms with Crippen LogP contribution >= 0.6 is 0 Å². The van der Waals surface area contributed by atoms with Crippen LogP contribution in [0.15, 0.2) is 12.1 Å². The third-order valence-corrected chi connectivity index (χ3v) is 2.45. The summed E-state index contributed by atoms with van der Waals surface area (Å²) in [7, 11) is 0. The number of rotatable bonds is 4. The maximum absolute atomic E-state index is 13.7. The number of hydrazine groups is 1. The lowest BCUT2D eigenvalue weighted by Gasteiger charge is -2.17. The third-order valence-electron chi connectivity index (χ3n) is 2.45. The molecule has 0 fully saturated rings. The number of aryl methyl sites for hydroxylation is 1. The number of halogens is 2. The maximum Gasteiger partial charge on any atom is 0.133 e. The van der Waals surface area contributed by atoms with Crippen LogP contribution in [0.2, 0.25) is 0 Å². The van der Waals surface area contributed by atoms with Gasteiger partial charge in [-0.2, -0.15) is 0 Å². The molecule has 1 rings (SSSR count). The molecule has 0 spiro atoms. The molecular weight excluding hydrogens is 198 g/mol. The van der Waals surface area contributed by atoms with E-state index in [1.807, 2.05) is 6.92 Å². The summed E-state index contributed by atoms with van der Waals surface area (Å²) in [4.78, 5) is 0. The van der Waals surface area contributed by atoms with Crippen molar-refractivity contribution < 1.29 is 8.78 Å². The summed E-state index contributed by atoms with van der Waals surface area (Å²) >= 11 is 0. The van der Waals surface area contributed by atoms with Crippen molar-refractivity contribution in [3.8, 4) is 0 Å². The Labute approximate surface area is 88.4 Å². The molecule has 0 aliphatic rings. The minimum Gasteiger partial charge on any atom is -0.271 e. The van der Waals surface area contributed by atoms with Crippen LogP contribution in [0.25, 0.3) is 0 Å². The number of nitrogens with two attached hydrogens (primary N) is 1. The number of nitrogens with one attached hydrogen (secondary N) is 1. The Bertz CT molecular complexity index is 340. The van der Waals surface area contributed by atoms with Crippen LogP contribution in [0.1, 0.15) is 36.9 Å². The van der Waals surface area contributed by atoms with Gasteiger partial charge in [0.1, 0.15) is 11.6 Å². The van der Waals surface area contributed by atoms with E-state index in [1.54, 1.807) is 6.92 Å². The van der Waals surface area contributed by atoms with E-state index in [2.05, 4.69) is 5.43 Å². The zero-order valence-corrected chi connectivity index (χ0v) is 8.98. The number of hydrogen-bond donors (Lipinski definition) is 2. The smallest absolute Gasteiger partial charge is 0.133 e. The van der Waals surface area contributed by atoms with Gasteiger partial charge in [-0.3, -0.25) is 11.3 Å². The minimum absolute atomic E-state index is 0.0411. The molecule has 0 radical (unpaired) electrons. The SMILES string of the molecule is CCCC(NN)c1c(F)ccc(C)c1F. The van der Waals surface area contributed by atoms with E-state index < -0.39 is 17.7 Å². The summed E-state index contributed by atoms with van der Waals surface area (Å²) < 4.78 is 27.1. The predicted octanol–water partition coefficient (Wildman–Crippen LogP) is 2.58. The van der Waals surface area contributed by atoms with E-state index in [4.69, 9.17) is 5.84 Å². The Hall–Kier alpha value is -1.00. The highest BCUT2D eigenvalue weighted by atomic mass is 19.1. The van der Waals surface area contributed by atoms with Crippen LogP contribution in [0.4, 0.5) is 8.78 Å². The highest BCUT2D eigenvalue weighted by Crippen LogP contribution is 2.25. The molecule has 0 aromatic heterocycles. The molecule has 0 bridgehead atoms. The molecule has 15 heavy (non-hydrogen) atoms. The Kier molecular flexibility index (Phi) is 4.17. The highest BCUT2D eigenvalue weighted by Gasteiger charge is 2.19. The Balaban J connectivity index is 3.15. The zero-order valence-electron chi connectivity index (χ0n) is 8.98. The van der Waals surface area contributed by atoms with Crippen LogP contribution in [-0.2, 0) is 0 Å². The molecule has 1 atom stereocenters. The van der Waals surface area contributed by atoms with E-state index in [9.17, 15) is 8.78 Å². The monoisotopic (exact) mass is 214 g/mol. The highest BCUT2D eigenvalue weighted by molar-refractivity contribution is 5.29. The first-order valence-electron chi connectivity index (χ1n) is 5.02. The zero-order chi connectivity index (χ0) is 11.4. The van der Waals surface area contributed by atoms with Crippen LogP contribution in [0.5, 0.6) is 0 Å². The van der Waals surface area contributed by atoms with Gasteiger partial charge >= 0.3 is 0 Å². The van der Waals surface area contributed by atoms with Crippen molar-refractivity contribution in [2.24, 2.45) is 5.84 Å². The average molecular weight is 214 g/mol. The lowest BCUT2D eigenvalue weighted by molar-refractivity contribution is 0.449. The maximum atomic E-state index is 13.7. The molecule has 1 unspecified atom stereocenters. The minimum atomic E-state index is -0.547. The average Bonchev–Trinajstić information content (AvgIpc) is 2.22. The molecule has 0 aliphatic carbocycles. The van der Waals surface area contributed by atoms with E-state index >= 15 is 0 Å². The van der Waals surface area contributed by atoms with Crippen molar-refractivity contribution in [2.45, 2.75) is 32.7 Å². The predicted molar refractivity (Wildman–Crippen MR) is 56.1 cm³/mol. The molecule has 0 saturated heterocycles. The summed E-state index contributed by atoms with van der Waals surface area (Å²) in [5.74, 6) is 4.24. The Morgan fingerprint density at radius 3 is 2.60 bits per heavy atom. The number of hydrogen-bond acceptors (Lipinski definition) is 2. The van der Waals surface area contributed by atoms with E-state index in [0.29, 0.717) is 12.0 Å². The van der Waals surface area contributed by atoms with Crippen LogP contribution < -0.4 is 11.3 Å². The second-order valence-electron chi connectivity index (χ2n) is 3.60. The lowest BCUT2D eigenvalue weighted by atomic mass is 9.99. The third kappa shape index (κ3) is 2.52. The van der Waals surface area contributed by atoms with Crippen molar-refractivity contribution >= 4 is 0 Å². The molecule has 2 nitrogen and oxygen atoms in total. The molecule has 3 N–H and O–H groups in total. The van der Waals surface area contributed by atoms with Gasteiger partial charge in [-0.15, -0.1) is 0 Å². The van der Waals surface area contributed by atoms with Crippen molar-refractivity contribution in [1.29, 1.82) is 0 Å². The second-order valence-corrected chi connectivity index (χ2v) is 3.60. The van der Waals surface area contributed by atoms with Crippen LogP contribution in [0.3, 0.4) is 0 Å². The first-order chi connectivity index (χ1) is 7.11. The molecule has 0 aliphatic heterocycles. The fourth-order valence-electron chi connectivity index (χ4n) is 1.60. The van der Waals surface area contributed by atoms with Gasteiger partial charge in [-0.1, -0.05) is 19.4 Å². The summed E-state index contributed by atoms with van der Waals surface area (Å²) in [6.07, 6.45) is 1.41. The molecule has 0 amide bonds. The summed E-state index contributed by atoms with van der Waals surface area (Å²) in [6, 6.07) is 2.23. The van der Waals surface area contributed by atoms with Gasteiger partial charge in [-0.25, -0.2) is 8.78 Å². The first-order valence-corrected chi connectivity index (χ1v) is 5.02. The Morgan fingerprint density at radius 2 is 2.07 bits per heavy atom. The van der Waals surface area contributed by atoms with E-state index in [1.165, 1.54) is 12.1 Å². The summed E-state index contributed by atoms with van der Waals surface area (Å²) in [6.45, 7) is 3.55. The summed E-state index contributed by atoms with van der Waals surface area (Å²) in [5.41, 5.74) is 2.92. The summed E-state index contributed by atoms with van der Waals surface area (Å²) in [5, 5.41) is 0. The van der Waals surface area contributed by atoms with Gasteiger partial charge in [0.15, 0.2) is 0 Å². The fraction of sp³-hybridized carbons (Fsp3) is 0.455. The molecule has 1 aromatic carbocycles. The second kappa shape index (κ2) is 5.19. The quantitative estimate of drug-likeness (QED) is 0.597. The van der Waals surface area contributed by atoms with Gasteiger partial charge in [0.25, 0.3) is 0 Å². The van der Waals surface area contributed by atoms with Crippen LogP contribution in [0, 0.1) is 18.6 Å². The van der Waals surface area contributed by atoms with Crippen molar-refractivity contribution in [1.82, 2.24) is 5.43 Å². The van der Waals surface area contributed by atoms with Gasteiger partial charge < -0.3 is 0 Å². The molecule has 0 heterocycles. The molecule has 0 saturated carbocycles. The number of benzene rings is 1. The fourth-order valence-corrected chi connectivity index (χ4v) is 1.60. The first kappa shape index (κ1) is 12.1. The standard InChI is InChI=1S/C11H16F2N2/c1-3-4-9(15-14)10-8(12)6-5-7(2)11(10)13/h5-6,9,15H,3-4,14H2,1-2H3. The molecule has 1 aromatic rings. The van der Waals surface area contributed by atoms with Gasteiger partial charge in [0, 0.05) is 5.56 Å². The molecule has 84 valence electrons. The van der Waals surface area contributed by atoms with E-state index in [-0.39, 0.29) is 5.56 Å². The Morgan fingerprint density at radius 1 is 1.40 bits per heavy atom.